The van der Waals surface area contributed by atoms with Crippen LogP contribution in [0.2, 0.25) is 0 Å². The summed E-state index contributed by atoms with van der Waals surface area (Å²) in [7, 11) is 0. The molecule has 1 amide bonds. The Balaban J connectivity index is 1.67. The van der Waals surface area contributed by atoms with Gasteiger partial charge in [-0.05, 0) is 31.0 Å². The summed E-state index contributed by atoms with van der Waals surface area (Å²) in [4.78, 5) is 31.4. The molecule has 0 radical (unpaired) electrons. The maximum absolute atomic E-state index is 12.6. The monoisotopic (exact) mass is 354 g/mol. The van der Waals surface area contributed by atoms with Crippen LogP contribution in [0.25, 0.3) is 0 Å². The van der Waals surface area contributed by atoms with E-state index < -0.39 is 0 Å². The summed E-state index contributed by atoms with van der Waals surface area (Å²) in [5, 5.41) is 11.0. The topological polar surface area (TPSA) is 79.6 Å². The van der Waals surface area contributed by atoms with Crippen molar-refractivity contribution >= 4 is 11.6 Å². The van der Waals surface area contributed by atoms with Crippen LogP contribution >= 0.6 is 0 Å². The number of hydrogen-bond acceptors (Lipinski definition) is 5. The molecule has 0 bridgehead atoms. The van der Waals surface area contributed by atoms with Gasteiger partial charge < -0.3 is 4.90 Å². The second kappa shape index (κ2) is 8.05. The van der Waals surface area contributed by atoms with Crippen molar-refractivity contribution in [2.45, 2.75) is 19.4 Å². The van der Waals surface area contributed by atoms with E-state index in [4.69, 9.17) is 0 Å². The second-order valence-electron chi connectivity index (χ2n) is 6.45. The van der Waals surface area contributed by atoms with E-state index in [0.717, 1.165) is 25.1 Å². The number of pyridine rings is 1. The lowest BCUT2D eigenvalue weighted by atomic mass is 10.1. The molecule has 1 aromatic heterocycles. The fourth-order valence-corrected chi connectivity index (χ4v) is 3.31. The Labute approximate surface area is 152 Å². The van der Waals surface area contributed by atoms with Crippen LogP contribution in [0.15, 0.2) is 48.8 Å². The standard InChI is InChI=1S/C19H22N4O3/c1-15(17-4-2-5-18(14-17)23(25)26)21-10-3-11-22(13-12-21)19(24)16-6-8-20-9-7-16/h2,4-9,14-15H,3,10-13H2,1H3. The van der Waals surface area contributed by atoms with E-state index in [9.17, 15) is 14.9 Å². The number of rotatable bonds is 4. The molecule has 2 aromatic rings. The van der Waals surface area contributed by atoms with Gasteiger partial charge in [-0.3, -0.25) is 24.8 Å². The van der Waals surface area contributed by atoms with Crippen molar-refractivity contribution in [2.75, 3.05) is 26.2 Å². The highest BCUT2D eigenvalue weighted by Gasteiger charge is 2.24. The summed E-state index contributed by atoms with van der Waals surface area (Å²) >= 11 is 0. The predicted molar refractivity (Wildman–Crippen MR) is 97.8 cm³/mol. The summed E-state index contributed by atoms with van der Waals surface area (Å²) in [6, 6.07) is 10.3. The third-order valence-corrected chi connectivity index (χ3v) is 4.86. The number of carbonyl (C=O) groups excluding carboxylic acids is 1. The summed E-state index contributed by atoms with van der Waals surface area (Å²) in [5.41, 5.74) is 1.69. The number of aromatic nitrogens is 1. The third-order valence-electron chi connectivity index (χ3n) is 4.86. The van der Waals surface area contributed by atoms with Crippen molar-refractivity contribution in [2.24, 2.45) is 0 Å². The molecule has 2 heterocycles. The number of benzene rings is 1. The molecule has 1 fully saturated rings. The van der Waals surface area contributed by atoms with Crippen LogP contribution < -0.4 is 0 Å². The van der Waals surface area contributed by atoms with E-state index in [-0.39, 0.29) is 22.6 Å². The molecule has 7 heteroatoms. The summed E-state index contributed by atoms with van der Waals surface area (Å²) in [6.07, 6.45) is 4.12. The van der Waals surface area contributed by atoms with Gasteiger partial charge in [-0.1, -0.05) is 12.1 Å². The molecule has 1 aliphatic heterocycles. The van der Waals surface area contributed by atoms with Gasteiger partial charge in [0.05, 0.1) is 4.92 Å². The average molecular weight is 354 g/mol. The second-order valence-corrected chi connectivity index (χ2v) is 6.45. The molecule has 3 rings (SSSR count). The fraction of sp³-hybridized carbons (Fsp3) is 0.368. The maximum atomic E-state index is 12.6. The molecule has 0 N–H and O–H groups in total. The Hall–Kier alpha value is -2.80. The van der Waals surface area contributed by atoms with Crippen LogP contribution in [0.1, 0.15) is 35.3 Å². The fourth-order valence-electron chi connectivity index (χ4n) is 3.31. The lowest BCUT2D eigenvalue weighted by Crippen LogP contribution is -2.36. The van der Waals surface area contributed by atoms with Gasteiger partial charge in [0, 0.05) is 62.3 Å². The Kier molecular flexibility index (Phi) is 5.58. The molecule has 1 saturated heterocycles. The third kappa shape index (κ3) is 4.05. The van der Waals surface area contributed by atoms with Crippen molar-refractivity contribution < 1.29 is 9.72 Å². The van der Waals surface area contributed by atoms with E-state index in [1.165, 1.54) is 6.07 Å². The molecule has 26 heavy (non-hydrogen) atoms. The van der Waals surface area contributed by atoms with Crippen LogP contribution in [0.5, 0.6) is 0 Å². The smallest absolute Gasteiger partial charge is 0.269 e. The minimum absolute atomic E-state index is 0.0252. The van der Waals surface area contributed by atoms with Crippen LogP contribution in [0.3, 0.4) is 0 Å². The Morgan fingerprint density at radius 1 is 1.15 bits per heavy atom. The molecule has 1 aliphatic rings. The Bertz CT molecular complexity index is 781. The zero-order valence-electron chi connectivity index (χ0n) is 14.7. The summed E-state index contributed by atoms with van der Waals surface area (Å²) in [6.45, 7) is 4.99. The first-order valence-electron chi connectivity index (χ1n) is 8.74. The lowest BCUT2D eigenvalue weighted by Gasteiger charge is -2.28. The highest BCUT2D eigenvalue weighted by atomic mass is 16.6. The highest BCUT2D eigenvalue weighted by Crippen LogP contribution is 2.25. The van der Waals surface area contributed by atoms with Gasteiger partial charge in [0.15, 0.2) is 0 Å². The van der Waals surface area contributed by atoms with Gasteiger partial charge in [-0.15, -0.1) is 0 Å². The molecule has 136 valence electrons. The SMILES string of the molecule is CC(c1cccc([N+](=O)[O-])c1)N1CCCN(C(=O)c2ccncc2)CC1. The minimum atomic E-state index is -0.367. The first kappa shape index (κ1) is 18.0. The van der Waals surface area contributed by atoms with E-state index in [1.807, 2.05) is 11.0 Å². The molecular weight excluding hydrogens is 332 g/mol. The van der Waals surface area contributed by atoms with E-state index in [2.05, 4.69) is 16.8 Å². The van der Waals surface area contributed by atoms with Gasteiger partial charge in [0.1, 0.15) is 0 Å². The van der Waals surface area contributed by atoms with Crippen molar-refractivity contribution in [3.05, 3.63) is 70.0 Å². The zero-order valence-corrected chi connectivity index (χ0v) is 14.7. The highest BCUT2D eigenvalue weighted by molar-refractivity contribution is 5.94. The van der Waals surface area contributed by atoms with E-state index >= 15 is 0 Å². The van der Waals surface area contributed by atoms with Gasteiger partial charge in [0.25, 0.3) is 11.6 Å². The van der Waals surface area contributed by atoms with Gasteiger partial charge in [0.2, 0.25) is 0 Å². The molecule has 1 unspecified atom stereocenters. The number of amides is 1. The number of nitrogens with zero attached hydrogens (tertiary/aromatic N) is 4. The van der Waals surface area contributed by atoms with E-state index in [1.54, 1.807) is 36.7 Å². The van der Waals surface area contributed by atoms with Crippen LogP contribution in [0, 0.1) is 10.1 Å². The van der Waals surface area contributed by atoms with Crippen molar-refractivity contribution in [3.63, 3.8) is 0 Å². The first-order chi connectivity index (χ1) is 12.6. The number of carbonyl (C=O) groups is 1. The Morgan fingerprint density at radius 3 is 2.65 bits per heavy atom. The first-order valence-corrected chi connectivity index (χ1v) is 8.74. The van der Waals surface area contributed by atoms with Gasteiger partial charge in [-0.25, -0.2) is 0 Å². The molecule has 1 aromatic carbocycles. The van der Waals surface area contributed by atoms with Crippen LogP contribution in [-0.4, -0.2) is 51.8 Å². The predicted octanol–water partition coefficient (Wildman–Crippen LogP) is 2.90. The summed E-state index contributed by atoms with van der Waals surface area (Å²) in [5.74, 6) is 0.0252. The number of hydrogen-bond donors (Lipinski definition) is 0. The molecular formula is C19H22N4O3. The lowest BCUT2D eigenvalue weighted by molar-refractivity contribution is -0.384. The van der Waals surface area contributed by atoms with Crippen molar-refractivity contribution in [1.82, 2.24) is 14.8 Å². The summed E-state index contributed by atoms with van der Waals surface area (Å²) < 4.78 is 0. The maximum Gasteiger partial charge on any atom is 0.269 e. The Morgan fingerprint density at radius 2 is 1.92 bits per heavy atom. The van der Waals surface area contributed by atoms with Crippen LogP contribution in [0.4, 0.5) is 5.69 Å². The zero-order chi connectivity index (χ0) is 18.5. The molecule has 0 saturated carbocycles. The van der Waals surface area contributed by atoms with Gasteiger partial charge in [-0.2, -0.15) is 0 Å². The molecule has 7 nitrogen and oxygen atoms in total. The van der Waals surface area contributed by atoms with E-state index in [0.29, 0.717) is 18.7 Å². The number of non-ortho nitro benzene ring substituents is 1. The molecule has 0 aliphatic carbocycles. The number of nitro benzene ring substituents is 1. The van der Waals surface area contributed by atoms with Crippen molar-refractivity contribution in [1.29, 1.82) is 0 Å². The average Bonchev–Trinajstić information content (AvgIpc) is 2.94. The normalized spacial score (nSPS) is 16.7. The minimum Gasteiger partial charge on any atom is -0.337 e. The van der Waals surface area contributed by atoms with Crippen LogP contribution in [-0.2, 0) is 0 Å². The molecule has 0 spiro atoms. The van der Waals surface area contributed by atoms with Crippen molar-refractivity contribution in [3.8, 4) is 0 Å². The quantitative estimate of drug-likeness (QED) is 0.623. The largest absolute Gasteiger partial charge is 0.337 e. The number of nitro groups is 1. The molecule has 1 atom stereocenters. The van der Waals surface area contributed by atoms with Gasteiger partial charge >= 0.3 is 0 Å².